The molecule has 0 saturated heterocycles. The molecule has 0 aromatic heterocycles. The lowest BCUT2D eigenvalue weighted by molar-refractivity contribution is -0.120. The first-order valence-electron chi connectivity index (χ1n) is 11.1. The second-order valence-corrected chi connectivity index (χ2v) is 10.4. The number of carbonyl (C=O) groups is 1. The third kappa shape index (κ3) is 3.22. The third-order valence-corrected chi connectivity index (χ3v) is 7.09. The average Bonchev–Trinajstić information content (AvgIpc) is 2.94. The standard InChI is InChI=1S/C28H28ClNO2/c1-17-12-18(2)14-22(13-17)30-24-8-7-21(29)16-23(24)28(5,26(30)31)20-6-9-25-19(15-20)10-11-27(3,4)32-25/h6-9,12-16H,10-11H2,1-5H3/t28-/m0/s1. The van der Waals surface area contributed by atoms with Gasteiger partial charge in [0.2, 0.25) is 5.91 Å². The number of benzene rings is 3. The van der Waals surface area contributed by atoms with Crippen LogP contribution in [-0.4, -0.2) is 11.5 Å². The van der Waals surface area contributed by atoms with Gasteiger partial charge in [-0.15, -0.1) is 0 Å². The highest BCUT2D eigenvalue weighted by atomic mass is 35.5. The van der Waals surface area contributed by atoms with E-state index in [-0.39, 0.29) is 11.5 Å². The Balaban J connectivity index is 1.68. The van der Waals surface area contributed by atoms with Gasteiger partial charge in [0.15, 0.2) is 0 Å². The average molecular weight is 446 g/mol. The molecule has 5 rings (SSSR count). The van der Waals surface area contributed by atoms with Crippen LogP contribution in [0.1, 0.15) is 55.0 Å². The van der Waals surface area contributed by atoms with Crippen LogP contribution < -0.4 is 9.64 Å². The van der Waals surface area contributed by atoms with Gasteiger partial charge >= 0.3 is 0 Å². The van der Waals surface area contributed by atoms with Gasteiger partial charge in [0.1, 0.15) is 11.4 Å². The first-order chi connectivity index (χ1) is 15.1. The number of anilines is 2. The number of nitrogens with zero attached hydrogens (tertiary/aromatic N) is 1. The molecule has 0 unspecified atom stereocenters. The lowest BCUT2D eigenvalue weighted by Crippen LogP contribution is -2.37. The van der Waals surface area contributed by atoms with Gasteiger partial charge in [-0.3, -0.25) is 9.69 Å². The lowest BCUT2D eigenvalue weighted by Gasteiger charge is -2.34. The summed E-state index contributed by atoms with van der Waals surface area (Å²) in [5, 5.41) is 0.632. The Labute approximate surface area is 195 Å². The number of hydrogen-bond acceptors (Lipinski definition) is 2. The molecule has 0 aliphatic carbocycles. The number of fused-ring (bicyclic) bond motifs is 2. The third-order valence-electron chi connectivity index (χ3n) is 6.85. The molecule has 2 heterocycles. The quantitative estimate of drug-likeness (QED) is 0.423. The van der Waals surface area contributed by atoms with E-state index in [9.17, 15) is 4.79 Å². The van der Waals surface area contributed by atoms with E-state index in [2.05, 4.69) is 52.0 Å². The molecule has 0 bridgehead atoms. The highest BCUT2D eigenvalue weighted by Gasteiger charge is 2.49. The van der Waals surface area contributed by atoms with Crippen LogP contribution in [0.4, 0.5) is 11.4 Å². The van der Waals surface area contributed by atoms with E-state index in [1.807, 2.05) is 42.2 Å². The largest absolute Gasteiger partial charge is 0.488 e. The molecule has 1 atom stereocenters. The number of ether oxygens (including phenoxy) is 1. The molecule has 0 radical (unpaired) electrons. The molecule has 1 amide bonds. The zero-order valence-corrected chi connectivity index (χ0v) is 20.0. The normalized spacial score (nSPS) is 21.2. The maximum atomic E-state index is 14.1. The summed E-state index contributed by atoms with van der Waals surface area (Å²) in [6.07, 6.45) is 1.88. The first-order valence-corrected chi connectivity index (χ1v) is 11.5. The number of aryl methyl sites for hydroxylation is 3. The number of rotatable bonds is 2. The summed E-state index contributed by atoms with van der Waals surface area (Å²) in [6.45, 7) is 10.4. The minimum Gasteiger partial charge on any atom is -0.488 e. The number of carbonyl (C=O) groups excluding carboxylic acids is 1. The maximum absolute atomic E-state index is 14.1. The van der Waals surface area contributed by atoms with Crippen LogP contribution >= 0.6 is 11.6 Å². The smallest absolute Gasteiger partial charge is 0.246 e. The van der Waals surface area contributed by atoms with Crippen LogP contribution in [0.15, 0.2) is 54.6 Å². The van der Waals surface area contributed by atoms with Crippen molar-refractivity contribution in [3.8, 4) is 5.75 Å². The molecular formula is C28H28ClNO2. The highest BCUT2D eigenvalue weighted by molar-refractivity contribution is 6.31. The van der Waals surface area contributed by atoms with Crippen molar-refractivity contribution >= 4 is 28.9 Å². The molecule has 0 N–H and O–H groups in total. The van der Waals surface area contributed by atoms with E-state index in [4.69, 9.17) is 16.3 Å². The van der Waals surface area contributed by atoms with E-state index in [0.717, 1.165) is 57.8 Å². The molecule has 0 fully saturated rings. The summed E-state index contributed by atoms with van der Waals surface area (Å²) < 4.78 is 6.19. The van der Waals surface area contributed by atoms with Crippen LogP contribution in [0.2, 0.25) is 5.02 Å². The minimum atomic E-state index is -0.833. The second kappa shape index (κ2) is 7.11. The van der Waals surface area contributed by atoms with Crippen LogP contribution in [0.3, 0.4) is 0 Å². The molecule has 3 aromatic rings. The summed E-state index contributed by atoms with van der Waals surface area (Å²) in [6, 6.07) is 18.2. The van der Waals surface area contributed by atoms with E-state index in [0.29, 0.717) is 5.02 Å². The summed E-state index contributed by atoms with van der Waals surface area (Å²) in [4.78, 5) is 16.0. The van der Waals surface area contributed by atoms with Gasteiger partial charge in [0, 0.05) is 10.7 Å². The van der Waals surface area contributed by atoms with E-state index in [1.54, 1.807) is 0 Å². The molecule has 164 valence electrons. The molecule has 0 spiro atoms. The molecule has 4 heteroatoms. The Hall–Kier alpha value is -2.78. The Morgan fingerprint density at radius 3 is 2.38 bits per heavy atom. The fourth-order valence-electron chi connectivity index (χ4n) is 5.14. The summed E-state index contributed by atoms with van der Waals surface area (Å²) in [5.74, 6) is 0.952. The molecule has 0 saturated carbocycles. The molecule has 2 aliphatic rings. The topological polar surface area (TPSA) is 29.5 Å². The predicted octanol–water partition coefficient (Wildman–Crippen LogP) is 7.04. The minimum absolute atomic E-state index is 0.0387. The van der Waals surface area contributed by atoms with Gasteiger partial charge in [-0.25, -0.2) is 0 Å². The Bertz CT molecular complexity index is 1240. The Morgan fingerprint density at radius 2 is 1.66 bits per heavy atom. The van der Waals surface area contributed by atoms with Crippen LogP contribution in [0.25, 0.3) is 0 Å². The predicted molar refractivity (Wildman–Crippen MR) is 130 cm³/mol. The van der Waals surface area contributed by atoms with Crippen molar-refractivity contribution in [3.63, 3.8) is 0 Å². The second-order valence-electron chi connectivity index (χ2n) is 9.96. The fourth-order valence-corrected chi connectivity index (χ4v) is 5.31. The van der Waals surface area contributed by atoms with Crippen molar-refractivity contribution in [2.45, 2.75) is 58.5 Å². The molecular weight excluding hydrogens is 418 g/mol. The van der Waals surface area contributed by atoms with Crippen molar-refractivity contribution in [2.75, 3.05) is 4.90 Å². The van der Waals surface area contributed by atoms with Crippen LogP contribution in [0, 0.1) is 13.8 Å². The summed E-state index contributed by atoms with van der Waals surface area (Å²) in [7, 11) is 0. The lowest BCUT2D eigenvalue weighted by atomic mass is 9.76. The van der Waals surface area contributed by atoms with Crippen molar-refractivity contribution in [3.05, 3.63) is 87.4 Å². The van der Waals surface area contributed by atoms with Crippen molar-refractivity contribution in [1.82, 2.24) is 0 Å². The number of hydrogen-bond donors (Lipinski definition) is 0. The van der Waals surface area contributed by atoms with Gasteiger partial charge in [-0.1, -0.05) is 29.8 Å². The molecule has 3 nitrogen and oxygen atoms in total. The van der Waals surface area contributed by atoms with Gasteiger partial charge in [-0.05, 0) is 112 Å². The molecule has 3 aromatic carbocycles. The van der Waals surface area contributed by atoms with Crippen molar-refractivity contribution < 1.29 is 9.53 Å². The van der Waals surface area contributed by atoms with Gasteiger partial charge in [0.05, 0.1) is 11.1 Å². The van der Waals surface area contributed by atoms with Crippen LogP contribution in [0.5, 0.6) is 5.75 Å². The Kier molecular flexibility index (Phi) is 4.69. The fraction of sp³-hybridized carbons (Fsp3) is 0.321. The first kappa shape index (κ1) is 21.1. The SMILES string of the molecule is Cc1cc(C)cc(N2C(=O)[C@@](C)(c3ccc4c(c3)CCC(C)(C)O4)c3cc(Cl)ccc32)c1. The van der Waals surface area contributed by atoms with E-state index >= 15 is 0 Å². The maximum Gasteiger partial charge on any atom is 0.246 e. The van der Waals surface area contributed by atoms with Gasteiger partial charge in [0.25, 0.3) is 0 Å². The number of amides is 1. The van der Waals surface area contributed by atoms with Crippen LogP contribution in [-0.2, 0) is 16.6 Å². The number of halogens is 1. The summed E-state index contributed by atoms with van der Waals surface area (Å²) in [5.41, 5.74) is 6.11. The summed E-state index contributed by atoms with van der Waals surface area (Å²) >= 11 is 6.43. The molecule has 2 aliphatic heterocycles. The molecule has 32 heavy (non-hydrogen) atoms. The van der Waals surface area contributed by atoms with Crippen molar-refractivity contribution in [1.29, 1.82) is 0 Å². The zero-order chi connectivity index (χ0) is 22.8. The van der Waals surface area contributed by atoms with Gasteiger partial charge in [-0.2, -0.15) is 0 Å². The monoisotopic (exact) mass is 445 g/mol. The van der Waals surface area contributed by atoms with Gasteiger partial charge < -0.3 is 4.74 Å². The van der Waals surface area contributed by atoms with E-state index in [1.165, 1.54) is 0 Å². The zero-order valence-electron chi connectivity index (χ0n) is 19.3. The Morgan fingerprint density at radius 1 is 0.938 bits per heavy atom. The highest BCUT2D eigenvalue weighted by Crippen LogP contribution is 2.50. The van der Waals surface area contributed by atoms with Crippen molar-refractivity contribution in [2.24, 2.45) is 0 Å². The van der Waals surface area contributed by atoms with E-state index < -0.39 is 5.41 Å².